The zero-order valence-electron chi connectivity index (χ0n) is 15.7. The lowest BCUT2D eigenvalue weighted by Crippen LogP contribution is -2.40. The van der Waals surface area contributed by atoms with E-state index in [4.69, 9.17) is 0 Å². The summed E-state index contributed by atoms with van der Waals surface area (Å²) in [6.45, 7) is 3.90. The fourth-order valence-electron chi connectivity index (χ4n) is 4.06. The number of hydrogen-bond acceptors (Lipinski definition) is 3. The lowest BCUT2D eigenvalue weighted by molar-refractivity contribution is -0.124. The topological polar surface area (TPSA) is 54.4 Å². The molecule has 0 amide bonds. The van der Waals surface area contributed by atoms with Crippen LogP contribution in [0, 0.1) is 11.8 Å². The highest BCUT2D eigenvalue weighted by atomic mass is 16.3. The van der Waals surface area contributed by atoms with Crippen molar-refractivity contribution < 1.29 is 14.7 Å². The van der Waals surface area contributed by atoms with E-state index in [1.165, 1.54) is 25.7 Å². The van der Waals surface area contributed by atoms with Gasteiger partial charge in [-0.25, -0.2) is 0 Å². The van der Waals surface area contributed by atoms with Crippen molar-refractivity contribution in [2.75, 3.05) is 0 Å². The number of aliphatic hydroxyl groups is 1. The van der Waals surface area contributed by atoms with E-state index in [9.17, 15) is 14.7 Å². The van der Waals surface area contributed by atoms with E-state index in [2.05, 4.69) is 6.92 Å². The molecule has 1 aliphatic rings. The minimum absolute atomic E-state index is 0.0932. The summed E-state index contributed by atoms with van der Waals surface area (Å²) >= 11 is 0. The van der Waals surface area contributed by atoms with Gasteiger partial charge in [-0.2, -0.15) is 0 Å². The summed E-state index contributed by atoms with van der Waals surface area (Å²) in [6, 6.07) is 9.05. The van der Waals surface area contributed by atoms with E-state index in [1.807, 2.05) is 18.2 Å². The molecule has 1 aliphatic carbocycles. The summed E-state index contributed by atoms with van der Waals surface area (Å²) in [5.74, 6) is -0.882. The monoisotopic (exact) mass is 344 g/mol. The number of carbonyl (C=O) groups excluding carboxylic acids is 2. The Kier molecular flexibility index (Phi) is 7.37. The molecule has 1 aromatic carbocycles. The Balaban J connectivity index is 1.96. The van der Waals surface area contributed by atoms with Crippen LogP contribution in [0.5, 0.6) is 0 Å². The molecule has 0 saturated heterocycles. The maximum atomic E-state index is 12.9. The third-order valence-corrected chi connectivity index (χ3v) is 5.56. The molecule has 1 saturated carbocycles. The quantitative estimate of drug-likeness (QED) is 0.482. The number of hydrogen-bond donors (Lipinski definition) is 1. The van der Waals surface area contributed by atoms with E-state index in [0.29, 0.717) is 24.8 Å². The normalized spacial score (nSPS) is 25.9. The summed E-state index contributed by atoms with van der Waals surface area (Å²) in [4.78, 5) is 25.6. The summed E-state index contributed by atoms with van der Waals surface area (Å²) in [5, 5.41) is 10.7. The van der Waals surface area contributed by atoms with E-state index in [0.717, 1.165) is 12.8 Å². The molecule has 0 unspecified atom stereocenters. The number of ketones is 2. The molecule has 0 aromatic heterocycles. The summed E-state index contributed by atoms with van der Waals surface area (Å²) in [6.07, 6.45) is 8.53. The zero-order valence-corrected chi connectivity index (χ0v) is 15.7. The molecule has 138 valence electrons. The van der Waals surface area contributed by atoms with Gasteiger partial charge in [-0.15, -0.1) is 0 Å². The maximum Gasteiger partial charge on any atom is 0.169 e. The van der Waals surface area contributed by atoms with E-state index in [-0.39, 0.29) is 17.5 Å². The molecule has 0 bridgehead atoms. The van der Waals surface area contributed by atoms with Gasteiger partial charge in [0.05, 0.1) is 11.5 Å². The van der Waals surface area contributed by atoms with Crippen molar-refractivity contribution in [2.45, 2.75) is 77.2 Å². The first-order chi connectivity index (χ1) is 12.0. The maximum absolute atomic E-state index is 12.9. The number of carbonyl (C=O) groups is 2. The van der Waals surface area contributed by atoms with Gasteiger partial charge in [0, 0.05) is 17.9 Å². The molecule has 3 nitrogen and oxygen atoms in total. The van der Waals surface area contributed by atoms with Crippen molar-refractivity contribution in [1.82, 2.24) is 0 Å². The third kappa shape index (κ3) is 5.24. The highest BCUT2D eigenvalue weighted by Crippen LogP contribution is 2.43. The van der Waals surface area contributed by atoms with Gasteiger partial charge in [0.15, 0.2) is 5.78 Å². The van der Waals surface area contributed by atoms with Crippen molar-refractivity contribution in [1.29, 1.82) is 0 Å². The molecule has 0 spiro atoms. The van der Waals surface area contributed by atoms with Crippen LogP contribution in [-0.2, 0) is 4.79 Å². The van der Waals surface area contributed by atoms with Gasteiger partial charge in [-0.1, -0.05) is 69.4 Å². The second kappa shape index (κ2) is 9.28. The van der Waals surface area contributed by atoms with Crippen LogP contribution in [-0.4, -0.2) is 22.3 Å². The Labute approximate surface area is 151 Å². The van der Waals surface area contributed by atoms with Gasteiger partial charge in [-0.3, -0.25) is 9.59 Å². The Hall–Kier alpha value is -1.48. The highest BCUT2D eigenvalue weighted by molar-refractivity contribution is 6.01. The lowest BCUT2D eigenvalue weighted by atomic mass is 9.78. The molecule has 2 rings (SSSR count). The Morgan fingerprint density at radius 1 is 1.08 bits per heavy atom. The molecule has 1 aromatic rings. The highest BCUT2D eigenvalue weighted by Gasteiger charge is 2.50. The lowest BCUT2D eigenvalue weighted by Gasteiger charge is -2.27. The molecule has 1 N–H and O–H groups in total. The predicted octanol–water partition coefficient (Wildman–Crippen LogP) is 4.97. The third-order valence-electron chi connectivity index (χ3n) is 5.56. The van der Waals surface area contributed by atoms with Gasteiger partial charge < -0.3 is 5.11 Å². The van der Waals surface area contributed by atoms with Crippen LogP contribution in [0.2, 0.25) is 0 Å². The standard InChI is InChI=1S/C22H32O3/c1-3-4-5-6-7-11-14-19(23)18-15-16-22(2,25)20(18)21(24)17-12-9-8-10-13-17/h8-10,12-13,18,20,25H,3-7,11,14-16H2,1-2H3/t18-,20+,22-/m1/s1. The largest absolute Gasteiger partial charge is 0.389 e. The Morgan fingerprint density at radius 2 is 1.72 bits per heavy atom. The summed E-state index contributed by atoms with van der Waals surface area (Å²) in [5.41, 5.74) is -0.499. The zero-order chi connectivity index (χ0) is 18.3. The van der Waals surface area contributed by atoms with E-state index in [1.54, 1.807) is 19.1 Å². The van der Waals surface area contributed by atoms with Crippen LogP contribution in [0.25, 0.3) is 0 Å². The van der Waals surface area contributed by atoms with Crippen molar-refractivity contribution in [2.24, 2.45) is 11.8 Å². The minimum Gasteiger partial charge on any atom is -0.389 e. The van der Waals surface area contributed by atoms with Gasteiger partial charge in [0.2, 0.25) is 0 Å². The van der Waals surface area contributed by atoms with Crippen LogP contribution in [0.3, 0.4) is 0 Å². The SMILES string of the molecule is CCCCCCCCC(=O)[C@H]1CC[C@@](C)(O)[C@@H]1C(=O)c1ccccc1. The molecular weight excluding hydrogens is 312 g/mol. The smallest absolute Gasteiger partial charge is 0.169 e. The average molecular weight is 344 g/mol. The molecule has 3 atom stereocenters. The van der Waals surface area contributed by atoms with Crippen molar-refractivity contribution in [3.8, 4) is 0 Å². The Morgan fingerprint density at radius 3 is 2.40 bits per heavy atom. The van der Waals surface area contributed by atoms with Crippen molar-refractivity contribution in [3.63, 3.8) is 0 Å². The molecule has 1 fully saturated rings. The van der Waals surface area contributed by atoms with Crippen LogP contribution in [0.1, 0.15) is 82.0 Å². The fourth-order valence-corrected chi connectivity index (χ4v) is 4.06. The molecule has 0 heterocycles. The van der Waals surface area contributed by atoms with Gasteiger partial charge in [0.1, 0.15) is 5.78 Å². The molecule has 25 heavy (non-hydrogen) atoms. The van der Waals surface area contributed by atoms with Crippen LogP contribution in [0.4, 0.5) is 0 Å². The van der Waals surface area contributed by atoms with Crippen molar-refractivity contribution >= 4 is 11.6 Å². The molecule has 0 radical (unpaired) electrons. The van der Waals surface area contributed by atoms with Gasteiger partial charge in [-0.05, 0) is 26.2 Å². The second-order valence-electron chi connectivity index (χ2n) is 7.69. The molecular formula is C22H32O3. The van der Waals surface area contributed by atoms with Gasteiger partial charge >= 0.3 is 0 Å². The van der Waals surface area contributed by atoms with Gasteiger partial charge in [0.25, 0.3) is 0 Å². The second-order valence-corrected chi connectivity index (χ2v) is 7.69. The Bertz CT molecular complexity index is 562. The van der Waals surface area contributed by atoms with Crippen LogP contribution >= 0.6 is 0 Å². The molecule has 3 heteroatoms. The number of rotatable bonds is 10. The number of benzene rings is 1. The van der Waals surface area contributed by atoms with Crippen LogP contribution < -0.4 is 0 Å². The fraction of sp³-hybridized carbons (Fsp3) is 0.636. The first kappa shape index (κ1) is 19.8. The summed E-state index contributed by atoms with van der Waals surface area (Å²) in [7, 11) is 0. The first-order valence-corrected chi connectivity index (χ1v) is 9.81. The van der Waals surface area contributed by atoms with Crippen LogP contribution in [0.15, 0.2) is 30.3 Å². The predicted molar refractivity (Wildman–Crippen MR) is 101 cm³/mol. The molecule has 0 aliphatic heterocycles. The number of unbranched alkanes of at least 4 members (excludes halogenated alkanes) is 5. The number of Topliss-reactive ketones (excluding diaryl/α,β-unsaturated/α-hetero) is 2. The average Bonchev–Trinajstić information content (AvgIpc) is 2.93. The van der Waals surface area contributed by atoms with E-state index >= 15 is 0 Å². The minimum atomic E-state index is -1.09. The van der Waals surface area contributed by atoms with Crippen molar-refractivity contribution in [3.05, 3.63) is 35.9 Å². The first-order valence-electron chi connectivity index (χ1n) is 9.81. The summed E-state index contributed by atoms with van der Waals surface area (Å²) < 4.78 is 0. The van der Waals surface area contributed by atoms with E-state index < -0.39 is 11.5 Å².